The molecule has 0 amide bonds. The van der Waals surface area contributed by atoms with E-state index in [4.69, 9.17) is 4.52 Å². The quantitative estimate of drug-likeness (QED) is 0.180. The van der Waals surface area contributed by atoms with E-state index in [9.17, 15) is 16.8 Å². The molecular weight excluding hydrogens is 535 g/mol. The summed E-state index contributed by atoms with van der Waals surface area (Å²) in [6, 6.07) is 1.54. The van der Waals surface area contributed by atoms with Crippen LogP contribution < -0.4 is 10.0 Å². The third kappa shape index (κ3) is 9.15. The fourth-order valence-corrected chi connectivity index (χ4v) is 4.66. The highest BCUT2D eigenvalue weighted by atomic mass is 127. The monoisotopic (exact) mass is 564 g/mol. The van der Waals surface area contributed by atoms with E-state index in [1.807, 2.05) is 11.8 Å². The molecule has 2 heterocycles. The summed E-state index contributed by atoms with van der Waals surface area (Å²) in [6.45, 7) is 5.20. The van der Waals surface area contributed by atoms with Crippen molar-refractivity contribution in [2.45, 2.75) is 19.1 Å². The number of halogens is 1. The van der Waals surface area contributed by atoms with E-state index < -0.39 is 20.0 Å². The van der Waals surface area contributed by atoms with Crippen LogP contribution in [0.3, 0.4) is 0 Å². The molecule has 1 aromatic rings. The van der Waals surface area contributed by atoms with Crippen LogP contribution in [0.1, 0.15) is 19.0 Å². The minimum atomic E-state index is -3.45. The number of aromatic nitrogens is 1. The van der Waals surface area contributed by atoms with Crippen molar-refractivity contribution < 1.29 is 21.4 Å². The minimum absolute atomic E-state index is 0. The van der Waals surface area contributed by atoms with Crippen LogP contribution in [0.4, 0.5) is 0 Å². The van der Waals surface area contributed by atoms with Crippen LogP contribution in [0.25, 0.3) is 0 Å². The molecule has 0 unspecified atom stereocenters. The van der Waals surface area contributed by atoms with Crippen molar-refractivity contribution in [3.05, 3.63) is 18.0 Å². The maximum Gasteiger partial charge on any atom is 0.220 e. The standard InChI is InChI=1S/C15H28N6O5S2.HI/c1-3-16-15(17-6-4-7-18-27(2,22)23)20-8-10-21(11-9-20)28(24,25)13-14-5-12-26-19-14;/h5,12,18H,3-4,6-11,13H2,1-2H3,(H,16,17);1H. The Morgan fingerprint density at radius 1 is 1.24 bits per heavy atom. The topological polar surface area (TPSA) is 137 Å². The van der Waals surface area contributed by atoms with Gasteiger partial charge in [-0.2, -0.15) is 4.31 Å². The van der Waals surface area contributed by atoms with Gasteiger partial charge in [0.15, 0.2) is 5.96 Å². The maximum atomic E-state index is 12.5. The first-order chi connectivity index (χ1) is 13.2. The van der Waals surface area contributed by atoms with Crippen molar-refractivity contribution in [3.8, 4) is 0 Å². The van der Waals surface area contributed by atoms with E-state index in [1.165, 1.54) is 10.6 Å². The second-order valence-electron chi connectivity index (χ2n) is 6.39. The third-order valence-corrected chi connectivity index (χ3v) is 6.59. The largest absolute Gasteiger partial charge is 0.364 e. The average molecular weight is 564 g/mol. The summed E-state index contributed by atoms with van der Waals surface area (Å²) in [4.78, 5) is 6.52. The molecule has 0 atom stereocenters. The van der Waals surface area contributed by atoms with Gasteiger partial charge in [0.1, 0.15) is 12.0 Å². The smallest absolute Gasteiger partial charge is 0.220 e. The highest BCUT2D eigenvalue weighted by molar-refractivity contribution is 14.0. The number of hydrogen-bond acceptors (Lipinski definition) is 7. The lowest BCUT2D eigenvalue weighted by Crippen LogP contribution is -2.54. The zero-order chi connectivity index (χ0) is 20.6. The Kier molecular flexibility index (Phi) is 10.8. The first kappa shape index (κ1) is 26.1. The number of hydrogen-bond donors (Lipinski definition) is 2. The Bertz CT molecular complexity index is 837. The van der Waals surface area contributed by atoms with Crippen molar-refractivity contribution in [1.29, 1.82) is 0 Å². The van der Waals surface area contributed by atoms with Gasteiger partial charge in [0, 0.05) is 51.9 Å². The van der Waals surface area contributed by atoms with Gasteiger partial charge in [-0.1, -0.05) is 5.16 Å². The molecule has 2 rings (SSSR count). The van der Waals surface area contributed by atoms with Gasteiger partial charge in [-0.25, -0.2) is 21.6 Å². The van der Waals surface area contributed by atoms with E-state index in [1.54, 1.807) is 6.07 Å². The van der Waals surface area contributed by atoms with Crippen molar-refractivity contribution in [3.63, 3.8) is 0 Å². The Balaban J connectivity index is 0.00000420. The second kappa shape index (κ2) is 12.0. The van der Waals surface area contributed by atoms with Crippen LogP contribution in [0.5, 0.6) is 0 Å². The zero-order valence-corrected chi connectivity index (χ0v) is 20.5. The predicted octanol–water partition coefficient (Wildman–Crippen LogP) is -0.355. The lowest BCUT2D eigenvalue weighted by atomic mass is 10.4. The van der Waals surface area contributed by atoms with Gasteiger partial charge in [0.2, 0.25) is 20.0 Å². The summed E-state index contributed by atoms with van der Waals surface area (Å²) >= 11 is 0. The summed E-state index contributed by atoms with van der Waals surface area (Å²) < 4.78 is 55.7. The van der Waals surface area contributed by atoms with E-state index in [0.29, 0.717) is 63.9 Å². The van der Waals surface area contributed by atoms with E-state index in [0.717, 1.165) is 6.26 Å². The Morgan fingerprint density at radius 2 is 1.93 bits per heavy atom. The Morgan fingerprint density at radius 3 is 2.48 bits per heavy atom. The fourth-order valence-electron chi connectivity index (χ4n) is 2.72. The van der Waals surface area contributed by atoms with Gasteiger partial charge in [0.05, 0.1) is 11.9 Å². The van der Waals surface area contributed by atoms with Crippen LogP contribution in [-0.2, 0) is 25.8 Å². The van der Waals surface area contributed by atoms with Crippen LogP contribution in [0, 0.1) is 0 Å². The molecule has 0 saturated carbocycles. The van der Waals surface area contributed by atoms with E-state index in [2.05, 4.69) is 20.2 Å². The van der Waals surface area contributed by atoms with Gasteiger partial charge in [-0.05, 0) is 13.3 Å². The van der Waals surface area contributed by atoms with Crippen LogP contribution in [0.2, 0.25) is 0 Å². The number of rotatable bonds is 9. The molecule has 29 heavy (non-hydrogen) atoms. The van der Waals surface area contributed by atoms with Gasteiger partial charge in [-0.15, -0.1) is 24.0 Å². The SMILES string of the molecule is CCNC(=NCCCNS(C)(=O)=O)N1CCN(S(=O)(=O)Cc2ccon2)CC1.I. The van der Waals surface area contributed by atoms with Gasteiger partial charge < -0.3 is 14.7 Å². The highest BCUT2D eigenvalue weighted by Gasteiger charge is 2.28. The normalized spacial score (nSPS) is 16.5. The van der Waals surface area contributed by atoms with Gasteiger partial charge in [0.25, 0.3) is 0 Å². The molecule has 0 aliphatic carbocycles. The summed E-state index contributed by atoms with van der Waals surface area (Å²) in [5, 5.41) is 6.86. The maximum absolute atomic E-state index is 12.5. The highest BCUT2D eigenvalue weighted by Crippen LogP contribution is 2.13. The van der Waals surface area contributed by atoms with Crippen molar-refractivity contribution in [2.24, 2.45) is 4.99 Å². The number of guanidine groups is 1. The summed E-state index contributed by atoms with van der Waals surface area (Å²) in [7, 11) is -6.64. The zero-order valence-electron chi connectivity index (χ0n) is 16.6. The van der Waals surface area contributed by atoms with Crippen LogP contribution in [0.15, 0.2) is 21.8 Å². The molecule has 0 radical (unpaired) electrons. The molecule has 1 saturated heterocycles. The minimum Gasteiger partial charge on any atom is -0.364 e. The molecule has 0 aromatic carbocycles. The summed E-state index contributed by atoms with van der Waals surface area (Å²) in [6.07, 6.45) is 3.05. The molecule has 2 N–H and O–H groups in total. The molecule has 0 spiro atoms. The van der Waals surface area contributed by atoms with E-state index >= 15 is 0 Å². The lowest BCUT2D eigenvalue weighted by molar-refractivity contribution is 0.260. The number of piperazine rings is 1. The molecular formula is C15H29IN6O5S2. The van der Waals surface area contributed by atoms with Gasteiger partial charge in [-0.3, -0.25) is 4.99 Å². The Labute approximate surface area is 189 Å². The molecule has 14 heteroatoms. The van der Waals surface area contributed by atoms with Crippen LogP contribution in [-0.4, -0.2) is 89.2 Å². The molecule has 1 aromatic heterocycles. The number of sulfonamides is 2. The van der Waals surface area contributed by atoms with Crippen molar-refractivity contribution in [1.82, 2.24) is 24.4 Å². The number of nitrogens with one attached hydrogen (secondary N) is 2. The molecule has 168 valence electrons. The van der Waals surface area contributed by atoms with E-state index in [-0.39, 0.29) is 29.7 Å². The third-order valence-electron chi connectivity index (χ3n) is 4.05. The van der Waals surface area contributed by atoms with Crippen molar-refractivity contribution in [2.75, 3.05) is 52.1 Å². The second-order valence-corrected chi connectivity index (χ2v) is 10.2. The fraction of sp³-hybridized carbons (Fsp3) is 0.733. The summed E-state index contributed by atoms with van der Waals surface area (Å²) in [5.41, 5.74) is 0.389. The molecule has 1 aliphatic heterocycles. The molecule has 11 nitrogen and oxygen atoms in total. The molecule has 1 fully saturated rings. The van der Waals surface area contributed by atoms with Gasteiger partial charge >= 0.3 is 0 Å². The summed E-state index contributed by atoms with van der Waals surface area (Å²) in [5.74, 6) is 0.528. The first-order valence-electron chi connectivity index (χ1n) is 9.06. The molecule has 0 bridgehead atoms. The first-order valence-corrected chi connectivity index (χ1v) is 12.6. The predicted molar refractivity (Wildman–Crippen MR) is 121 cm³/mol. The number of nitrogens with zero attached hydrogens (tertiary/aromatic N) is 4. The van der Waals surface area contributed by atoms with Crippen molar-refractivity contribution >= 4 is 50.0 Å². The lowest BCUT2D eigenvalue weighted by Gasteiger charge is -2.35. The Hall–Kier alpha value is -0.970. The molecule has 1 aliphatic rings. The van der Waals surface area contributed by atoms with Crippen LogP contribution >= 0.6 is 24.0 Å². The number of aliphatic imine (C=N–C) groups is 1. The average Bonchev–Trinajstić information content (AvgIpc) is 3.12.